The van der Waals surface area contributed by atoms with E-state index in [0.717, 1.165) is 12.8 Å². The minimum Gasteiger partial charge on any atom is -0.345 e. The second-order valence-corrected chi connectivity index (χ2v) is 8.81. The highest BCUT2D eigenvalue weighted by molar-refractivity contribution is 7.89. The SMILES string of the molecule is CN(C)C(=O)c1ccc(NC(=O)c2cccc(S(=O)(=O)N3CCCC3)c2)cc1. The van der Waals surface area contributed by atoms with Crippen molar-refractivity contribution in [3.8, 4) is 0 Å². The highest BCUT2D eigenvalue weighted by atomic mass is 32.2. The molecule has 2 aromatic rings. The maximum Gasteiger partial charge on any atom is 0.255 e. The molecule has 0 saturated carbocycles. The summed E-state index contributed by atoms with van der Waals surface area (Å²) in [6.07, 6.45) is 1.71. The standard InChI is InChI=1S/C20H23N3O4S/c1-22(2)20(25)15-8-10-17(11-9-15)21-19(24)16-6-5-7-18(14-16)28(26,27)23-12-3-4-13-23/h5-11,14H,3-4,12-13H2,1-2H3,(H,21,24). The first kappa shape index (κ1) is 20.0. The zero-order valence-electron chi connectivity index (χ0n) is 15.9. The molecule has 148 valence electrons. The van der Waals surface area contributed by atoms with Crippen LogP contribution in [0.1, 0.15) is 33.6 Å². The van der Waals surface area contributed by atoms with Gasteiger partial charge in [0.1, 0.15) is 0 Å². The van der Waals surface area contributed by atoms with E-state index in [1.54, 1.807) is 50.5 Å². The first-order valence-corrected chi connectivity index (χ1v) is 10.5. The van der Waals surface area contributed by atoms with E-state index in [9.17, 15) is 18.0 Å². The van der Waals surface area contributed by atoms with Gasteiger partial charge in [-0.25, -0.2) is 8.42 Å². The minimum atomic E-state index is -3.58. The number of benzene rings is 2. The number of anilines is 1. The Labute approximate surface area is 165 Å². The molecule has 0 bridgehead atoms. The highest BCUT2D eigenvalue weighted by Gasteiger charge is 2.27. The second kappa shape index (κ2) is 8.12. The van der Waals surface area contributed by atoms with E-state index in [-0.39, 0.29) is 16.4 Å². The Kier molecular flexibility index (Phi) is 5.81. The topological polar surface area (TPSA) is 86.8 Å². The molecule has 2 aromatic carbocycles. The van der Waals surface area contributed by atoms with E-state index in [1.807, 2.05) is 0 Å². The van der Waals surface area contributed by atoms with Gasteiger partial charge in [0.2, 0.25) is 10.0 Å². The van der Waals surface area contributed by atoms with Gasteiger partial charge in [-0.05, 0) is 55.3 Å². The molecule has 0 aliphatic carbocycles. The van der Waals surface area contributed by atoms with Gasteiger partial charge in [0.15, 0.2) is 0 Å². The molecule has 1 saturated heterocycles. The average molecular weight is 401 g/mol. The Morgan fingerprint density at radius 2 is 1.61 bits per heavy atom. The van der Waals surface area contributed by atoms with E-state index in [0.29, 0.717) is 24.3 Å². The molecule has 3 rings (SSSR count). The van der Waals surface area contributed by atoms with Crippen LogP contribution in [-0.2, 0) is 10.0 Å². The van der Waals surface area contributed by atoms with E-state index < -0.39 is 15.9 Å². The summed E-state index contributed by atoms with van der Waals surface area (Å²) in [5.41, 5.74) is 1.29. The molecule has 1 N–H and O–H groups in total. The number of hydrogen-bond acceptors (Lipinski definition) is 4. The van der Waals surface area contributed by atoms with Crippen molar-refractivity contribution < 1.29 is 18.0 Å². The van der Waals surface area contributed by atoms with Crippen LogP contribution in [-0.4, -0.2) is 56.6 Å². The van der Waals surface area contributed by atoms with Gasteiger partial charge in [-0.15, -0.1) is 0 Å². The van der Waals surface area contributed by atoms with Gasteiger partial charge in [-0.2, -0.15) is 4.31 Å². The molecule has 1 aliphatic rings. The Morgan fingerprint density at radius 3 is 2.21 bits per heavy atom. The Hall–Kier alpha value is -2.71. The molecular formula is C20H23N3O4S. The van der Waals surface area contributed by atoms with E-state index in [4.69, 9.17) is 0 Å². The maximum absolute atomic E-state index is 12.7. The molecule has 1 aliphatic heterocycles. The second-order valence-electron chi connectivity index (χ2n) is 6.87. The van der Waals surface area contributed by atoms with E-state index >= 15 is 0 Å². The van der Waals surface area contributed by atoms with Crippen molar-refractivity contribution in [1.29, 1.82) is 0 Å². The molecule has 2 amide bonds. The van der Waals surface area contributed by atoms with Crippen LogP contribution in [0.3, 0.4) is 0 Å². The zero-order valence-corrected chi connectivity index (χ0v) is 16.7. The molecule has 1 heterocycles. The summed E-state index contributed by atoms with van der Waals surface area (Å²) in [6.45, 7) is 1.02. The van der Waals surface area contributed by atoms with Gasteiger partial charge in [0, 0.05) is 44.0 Å². The van der Waals surface area contributed by atoms with Gasteiger partial charge in [0.25, 0.3) is 11.8 Å². The molecular weight excluding hydrogens is 378 g/mol. The number of nitrogens with one attached hydrogen (secondary N) is 1. The third kappa shape index (κ3) is 4.23. The molecule has 8 heteroatoms. The fourth-order valence-electron chi connectivity index (χ4n) is 3.03. The number of hydrogen-bond donors (Lipinski definition) is 1. The van der Waals surface area contributed by atoms with Gasteiger partial charge in [-0.3, -0.25) is 9.59 Å². The van der Waals surface area contributed by atoms with Crippen molar-refractivity contribution in [1.82, 2.24) is 9.21 Å². The molecule has 0 aromatic heterocycles. The summed E-state index contributed by atoms with van der Waals surface area (Å²) >= 11 is 0. The van der Waals surface area contributed by atoms with Crippen LogP contribution in [0.5, 0.6) is 0 Å². The predicted molar refractivity (Wildman–Crippen MR) is 107 cm³/mol. The molecule has 7 nitrogen and oxygen atoms in total. The Morgan fingerprint density at radius 1 is 0.964 bits per heavy atom. The number of carbonyl (C=O) groups excluding carboxylic acids is 2. The summed E-state index contributed by atoms with van der Waals surface area (Å²) in [5, 5.41) is 2.73. The highest BCUT2D eigenvalue weighted by Crippen LogP contribution is 2.22. The number of rotatable bonds is 5. The average Bonchev–Trinajstić information content (AvgIpc) is 3.24. The van der Waals surface area contributed by atoms with Crippen LogP contribution in [0.4, 0.5) is 5.69 Å². The Bertz CT molecular complexity index is 979. The monoisotopic (exact) mass is 401 g/mol. The molecule has 0 unspecified atom stereocenters. The number of carbonyl (C=O) groups is 2. The predicted octanol–water partition coefficient (Wildman–Crippen LogP) is 2.43. The third-order valence-corrected chi connectivity index (χ3v) is 6.49. The largest absolute Gasteiger partial charge is 0.345 e. The molecule has 0 spiro atoms. The lowest BCUT2D eigenvalue weighted by Gasteiger charge is -2.16. The summed E-state index contributed by atoms with van der Waals surface area (Å²) in [4.78, 5) is 26.1. The lowest BCUT2D eigenvalue weighted by atomic mass is 10.1. The number of sulfonamides is 1. The van der Waals surface area contributed by atoms with Crippen molar-refractivity contribution in [2.45, 2.75) is 17.7 Å². The van der Waals surface area contributed by atoms with Gasteiger partial charge in [0.05, 0.1) is 4.90 Å². The molecule has 0 radical (unpaired) electrons. The van der Waals surface area contributed by atoms with Crippen LogP contribution in [0.25, 0.3) is 0 Å². The van der Waals surface area contributed by atoms with E-state index in [1.165, 1.54) is 21.3 Å². The smallest absolute Gasteiger partial charge is 0.255 e. The fourth-order valence-corrected chi connectivity index (χ4v) is 4.60. The van der Waals surface area contributed by atoms with E-state index in [2.05, 4.69) is 5.32 Å². The lowest BCUT2D eigenvalue weighted by Crippen LogP contribution is -2.28. The minimum absolute atomic E-state index is 0.119. The molecule has 1 fully saturated rings. The third-order valence-electron chi connectivity index (χ3n) is 4.59. The van der Waals surface area contributed by atoms with Crippen LogP contribution in [0.2, 0.25) is 0 Å². The zero-order chi connectivity index (χ0) is 20.3. The van der Waals surface area contributed by atoms with Crippen LogP contribution < -0.4 is 5.32 Å². The number of nitrogens with zero attached hydrogens (tertiary/aromatic N) is 2. The quantitative estimate of drug-likeness (QED) is 0.834. The molecule has 28 heavy (non-hydrogen) atoms. The van der Waals surface area contributed by atoms with Crippen LogP contribution in [0.15, 0.2) is 53.4 Å². The summed E-state index contributed by atoms with van der Waals surface area (Å²) in [7, 11) is -0.244. The first-order chi connectivity index (χ1) is 13.3. The van der Waals surface area contributed by atoms with Gasteiger partial charge in [-0.1, -0.05) is 6.07 Å². The van der Waals surface area contributed by atoms with Crippen molar-refractivity contribution in [3.63, 3.8) is 0 Å². The fraction of sp³-hybridized carbons (Fsp3) is 0.300. The lowest BCUT2D eigenvalue weighted by molar-refractivity contribution is 0.0827. The Balaban J connectivity index is 1.75. The van der Waals surface area contributed by atoms with Crippen LogP contribution in [0, 0.1) is 0 Å². The summed E-state index contributed by atoms with van der Waals surface area (Å²) < 4.78 is 26.8. The van der Waals surface area contributed by atoms with Crippen LogP contribution >= 0.6 is 0 Å². The molecule has 0 atom stereocenters. The van der Waals surface area contributed by atoms with Crippen molar-refractivity contribution in [2.75, 3.05) is 32.5 Å². The first-order valence-electron chi connectivity index (χ1n) is 9.02. The normalized spacial score (nSPS) is 14.6. The van der Waals surface area contributed by atoms with Crippen molar-refractivity contribution in [3.05, 3.63) is 59.7 Å². The number of amides is 2. The summed E-state index contributed by atoms with van der Waals surface area (Å²) in [6, 6.07) is 12.6. The van der Waals surface area contributed by atoms with Crippen molar-refractivity contribution >= 4 is 27.5 Å². The van der Waals surface area contributed by atoms with Gasteiger partial charge < -0.3 is 10.2 Å². The maximum atomic E-state index is 12.7. The summed E-state index contributed by atoms with van der Waals surface area (Å²) in [5.74, 6) is -0.539. The van der Waals surface area contributed by atoms with Gasteiger partial charge >= 0.3 is 0 Å². The van der Waals surface area contributed by atoms with Crippen molar-refractivity contribution in [2.24, 2.45) is 0 Å².